The van der Waals surface area contributed by atoms with Crippen LogP contribution in [0.15, 0.2) is 48.8 Å². The number of carbonyl (C=O) groups is 1. The molecular formula is C28H35FN6O3. The lowest BCUT2D eigenvalue weighted by molar-refractivity contribution is -0.104. The largest absolute Gasteiger partial charge is 0.495 e. The minimum atomic E-state index is -0.231. The molecule has 0 amide bonds. The third kappa shape index (κ3) is 6.45. The number of carbonyl (C=O) groups excluding carboxylic acids is 1. The fourth-order valence-electron chi connectivity index (χ4n) is 4.76. The molecular weight excluding hydrogens is 487 g/mol. The van der Waals surface area contributed by atoms with Crippen LogP contribution < -0.4 is 15.4 Å². The van der Waals surface area contributed by atoms with Gasteiger partial charge in [-0.3, -0.25) is 14.6 Å². The van der Waals surface area contributed by atoms with Crippen LogP contribution in [0.1, 0.15) is 5.56 Å². The highest BCUT2D eigenvalue weighted by atomic mass is 19.1. The highest BCUT2D eigenvalue weighted by Crippen LogP contribution is 2.32. The molecule has 0 spiro atoms. The van der Waals surface area contributed by atoms with E-state index >= 15 is 0 Å². The van der Waals surface area contributed by atoms with E-state index in [1.807, 2.05) is 25.3 Å². The number of rotatable bonds is 7. The number of methoxy groups -OCH3 is 1. The molecule has 2 aliphatic rings. The van der Waals surface area contributed by atoms with E-state index in [-0.39, 0.29) is 5.82 Å². The molecule has 2 unspecified atom stereocenters. The van der Waals surface area contributed by atoms with Crippen molar-refractivity contribution in [1.82, 2.24) is 19.8 Å². The molecule has 0 saturated carbocycles. The summed E-state index contributed by atoms with van der Waals surface area (Å²) in [6.45, 7) is 6.48. The second-order valence-electron chi connectivity index (χ2n) is 9.37. The van der Waals surface area contributed by atoms with Gasteiger partial charge in [0.15, 0.2) is 0 Å². The van der Waals surface area contributed by atoms with Crippen molar-refractivity contribution >= 4 is 34.4 Å². The summed E-state index contributed by atoms with van der Waals surface area (Å²) in [6.07, 6.45) is 6.13. The van der Waals surface area contributed by atoms with Crippen molar-refractivity contribution in [2.75, 3.05) is 64.6 Å². The molecule has 2 aromatic carbocycles. The van der Waals surface area contributed by atoms with E-state index in [9.17, 15) is 9.18 Å². The van der Waals surface area contributed by atoms with Gasteiger partial charge in [-0.1, -0.05) is 6.08 Å². The third-order valence-electron chi connectivity index (χ3n) is 6.88. The predicted molar refractivity (Wildman–Crippen MR) is 148 cm³/mol. The summed E-state index contributed by atoms with van der Waals surface area (Å²) in [4.78, 5) is 23.4. The maximum atomic E-state index is 13.4. The summed E-state index contributed by atoms with van der Waals surface area (Å²) in [5.41, 5.74) is 2.95. The Morgan fingerprint density at radius 3 is 2.79 bits per heavy atom. The quantitative estimate of drug-likeness (QED) is 0.357. The van der Waals surface area contributed by atoms with Gasteiger partial charge in [-0.15, -0.1) is 0 Å². The van der Waals surface area contributed by atoms with E-state index in [1.165, 1.54) is 12.4 Å². The van der Waals surface area contributed by atoms with Crippen molar-refractivity contribution in [1.29, 1.82) is 0 Å². The van der Waals surface area contributed by atoms with Crippen LogP contribution in [0.3, 0.4) is 0 Å². The van der Waals surface area contributed by atoms with Crippen molar-refractivity contribution < 1.29 is 18.7 Å². The van der Waals surface area contributed by atoms with Gasteiger partial charge in [-0.25, -0.2) is 14.4 Å². The fourth-order valence-corrected chi connectivity index (χ4v) is 4.76. The number of ether oxygens (including phenoxy) is 2. The number of hydrogen-bond donors (Lipinski definition) is 2. The summed E-state index contributed by atoms with van der Waals surface area (Å²) in [7, 11) is 5.60. The van der Waals surface area contributed by atoms with Gasteiger partial charge in [0, 0.05) is 56.4 Å². The first kappa shape index (κ1) is 27.4. The van der Waals surface area contributed by atoms with Crippen molar-refractivity contribution in [3.8, 4) is 5.75 Å². The van der Waals surface area contributed by atoms with Crippen LogP contribution in [0.5, 0.6) is 5.75 Å². The number of hydrogen-bond acceptors (Lipinski definition) is 9. The van der Waals surface area contributed by atoms with Gasteiger partial charge in [0.25, 0.3) is 0 Å². The van der Waals surface area contributed by atoms with Crippen LogP contribution in [0.2, 0.25) is 0 Å². The number of aryl methyl sites for hydroxylation is 1. The lowest BCUT2D eigenvalue weighted by Crippen LogP contribution is -2.48. The smallest absolute Gasteiger partial charge is 0.144 e. The van der Waals surface area contributed by atoms with Gasteiger partial charge in [0.05, 0.1) is 31.0 Å². The molecule has 202 valence electrons. The van der Waals surface area contributed by atoms with Crippen LogP contribution in [0.25, 0.3) is 10.9 Å². The summed E-state index contributed by atoms with van der Waals surface area (Å²) in [5, 5.41) is 7.15. The van der Waals surface area contributed by atoms with Crippen LogP contribution >= 0.6 is 0 Å². The number of aldehydes is 1. The Balaban J connectivity index is 0.000000194. The van der Waals surface area contributed by atoms with Gasteiger partial charge in [-0.05, 0) is 49.9 Å². The summed E-state index contributed by atoms with van der Waals surface area (Å²) in [6, 6.07) is 9.16. The molecule has 1 aromatic heterocycles. The number of benzene rings is 2. The standard InChI is InChI=1S/C17H17FN4O.C11H18N2O2/c1-10-6-11(4-5-13(10)18)22-17-12-7-15(19-2)16(23-3)8-14(12)20-9-21-17;1-12-5-7-15-11-9-13(8-10(11)12)4-2-3-6-14/h4-9,19H,1-3H3,(H,20,21,22);2-3,6,10-11H,4-5,7-9H2,1H3/b;3-2+. The first-order valence-electron chi connectivity index (χ1n) is 12.6. The molecule has 0 aliphatic carbocycles. The predicted octanol–water partition coefficient (Wildman–Crippen LogP) is 3.63. The van der Waals surface area contributed by atoms with E-state index in [0.717, 1.165) is 61.3 Å². The topological polar surface area (TPSA) is 91.9 Å². The Kier molecular flexibility index (Phi) is 9.22. The summed E-state index contributed by atoms with van der Waals surface area (Å²) >= 11 is 0. The molecule has 2 N–H and O–H groups in total. The van der Waals surface area contributed by atoms with Crippen molar-refractivity contribution in [3.63, 3.8) is 0 Å². The Morgan fingerprint density at radius 2 is 2.08 bits per heavy atom. The molecule has 2 atom stereocenters. The molecule has 10 heteroatoms. The average molecular weight is 523 g/mol. The molecule has 2 aliphatic heterocycles. The van der Waals surface area contributed by atoms with Crippen molar-refractivity contribution in [2.45, 2.75) is 19.1 Å². The molecule has 9 nitrogen and oxygen atoms in total. The van der Waals surface area contributed by atoms with Crippen LogP contribution in [-0.2, 0) is 9.53 Å². The first-order chi connectivity index (χ1) is 18.4. The third-order valence-corrected chi connectivity index (χ3v) is 6.88. The summed E-state index contributed by atoms with van der Waals surface area (Å²) < 4.78 is 24.5. The Bertz CT molecular complexity index is 1290. The number of halogens is 1. The lowest BCUT2D eigenvalue weighted by atomic mass is 10.1. The number of aromatic nitrogens is 2. The highest BCUT2D eigenvalue weighted by molar-refractivity contribution is 5.94. The zero-order chi connectivity index (χ0) is 27.1. The van der Waals surface area contributed by atoms with Gasteiger partial charge in [0.2, 0.25) is 0 Å². The van der Waals surface area contributed by atoms with E-state index in [0.29, 0.717) is 29.3 Å². The van der Waals surface area contributed by atoms with Crippen LogP contribution in [-0.4, -0.2) is 92.2 Å². The van der Waals surface area contributed by atoms with E-state index in [1.54, 1.807) is 32.2 Å². The molecule has 5 rings (SSSR count). The van der Waals surface area contributed by atoms with Crippen molar-refractivity contribution in [2.24, 2.45) is 0 Å². The molecule has 0 radical (unpaired) electrons. The SMILES string of the molecule is CN1CCOC2CN(C/C=C/C=O)CC21.CNc1cc2c(Nc3ccc(F)c(C)c3)ncnc2cc1OC. The molecule has 3 aromatic rings. The fraction of sp³-hybridized carbons (Fsp3) is 0.393. The minimum absolute atomic E-state index is 0.231. The monoisotopic (exact) mass is 522 g/mol. The number of likely N-dealkylation sites (N-methyl/N-ethyl adjacent to an activating group) is 1. The maximum absolute atomic E-state index is 13.4. The van der Waals surface area contributed by atoms with E-state index in [2.05, 4.69) is 37.4 Å². The molecule has 38 heavy (non-hydrogen) atoms. The number of likely N-dealkylation sites (tertiary alicyclic amines) is 1. The van der Waals surface area contributed by atoms with Gasteiger partial charge in [-0.2, -0.15) is 0 Å². The van der Waals surface area contributed by atoms with Crippen molar-refractivity contribution in [3.05, 3.63) is 60.2 Å². The Morgan fingerprint density at radius 1 is 1.24 bits per heavy atom. The number of anilines is 3. The second-order valence-corrected chi connectivity index (χ2v) is 9.37. The van der Waals surface area contributed by atoms with Gasteiger partial charge < -0.3 is 20.1 Å². The van der Waals surface area contributed by atoms with Gasteiger partial charge in [0.1, 0.15) is 30.0 Å². The number of fused-ring (bicyclic) bond motifs is 2. The minimum Gasteiger partial charge on any atom is -0.495 e. The normalized spacial score (nSPS) is 19.6. The molecule has 3 heterocycles. The molecule has 0 bridgehead atoms. The lowest BCUT2D eigenvalue weighted by Gasteiger charge is -2.33. The van der Waals surface area contributed by atoms with E-state index < -0.39 is 0 Å². The number of allylic oxidation sites excluding steroid dienone is 1. The molecule has 2 saturated heterocycles. The zero-order valence-corrected chi connectivity index (χ0v) is 22.3. The maximum Gasteiger partial charge on any atom is 0.144 e. The molecule has 2 fully saturated rings. The van der Waals surface area contributed by atoms with Gasteiger partial charge >= 0.3 is 0 Å². The first-order valence-corrected chi connectivity index (χ1v) is 12.6. The average Bonchev–Trinajstić information content (AvgIpc) is 3.35. The number of morpholine rings is 1. The number of nitrogens with zero attached hydrogens (tertiary/aromatic N) is 4. The zero-order valence-electron chi connectivity index (χ0n) is 22.3. The van der Waals surface area contributed by atoms with Crippen LogP contribution in [0.4, 0.5) is 21.6 Å². The second kappa shape index (κ2) is 12.8. The Labute approximate surface area is 222 Å². The Hall–Kier alpha value is -3.60. The highest BCUT2D eigenvalue weighted by Gasteiger charge is 2.37. The summed E-state index contributed by atoms with van der Waals surface area (Å²) in [5.74, 6) is 1.13. The van der Waals surface area contributed by atoms with E-state index in [4.69, 9.17) is 9.47 Å². The van der Waals surface area contributed by atoms with Crippen LogP contribution in [0, 0.1) is 12.7 Å². The number of nitrogens with one attached hydrogen (secondary N) is 2.